The predicted molar refractivity (Wildman–Crippen MR) is 135 cm³/mol. The molecule has 2 aliphatic rings. The van der Waals surface area contributed by atoms with Crippen molar-refractivity contribution >= 4 is 23.5 Å². The molecule has 0 saturated heterocycles. The van der Waals surface area contributed by atoms with Crippen molar-refractivity contribution in [1.82, 2.24) is 10.2 Å². The van der Waals surface area contributed by atoms with E-state index in [0.29, 0.717) is 24.6 Å². The van der Waals surface area contributed by atoms with Crippen LogP contribution < -0.4 is 16.4 Å². The Kier molecular flexibility index (Phi) is 9.03. The van der Waals surface area contributed by atoms with E-state index in [1.54, 1.807) is 11.0 Å². The Labute approximate surface area is 211 Å². The molecule has 1 saturated carbocycles. The van der Waals surface area contributed by atoms with Crippen LogP contribution in [0.25, 0.3) is 0 Å². The van der Waals surface area contributed by atoms with Gasteiger partial charge in [-0.1, -0.05) is 43.5 Å². The van der Waals surface area contributed by atoms with Crippen molar-refractivity contribution in [2.24, 2.45) is 5.73 Å². The van der Waals surface area contributed by atoms with Crippen LogP contribution in [0.3, 0.4) is 0 Å². The second-order valence-electron chi connectivity index (χ2n) is 9.98. The summed E-state index contributed by atoms with van der Waals surface area (Å²) >= 11 is 0. The van der Waals surface area contributed by atoms with Gasteiger partial charge in [0.25, 0.3) is 0 Å². The molecule has 36 heavy (non-hydrogen) atoms. The number of hydrogen-bond acceptors (Lipinski definition) is 4. The molecule has 8 nitrogen and oxygen atoms in total. The van der Waals surface area contributed by atoms with E-state index in [0.717, 1.165) is 11.3 Å². The van der Waals surface area contributed by atoms with E-state index in [1.165, 1.54) is 57.6 Å². The van der Waals surface area contributed by atoms with Crippen LogP contribution in [0.15, 0.2) is 42.5 Å². The molecule has 0 unspecified atom stereocenters. The van der Waals surface area contributed by atoms with E-state index in [-0.39, 0.29) is 18.4 Å². The number of anilines is 1. The Hall–Kier alpha value is -3.46. The Bertz CT molecular complexity index is 1080. The lowest BCUT2D eigenvalue weighted by molar-refractivity contribution is -0.137. The third-order valence-corrected chi connectivity index (χ3v) is 6.36. The summed E-state index contributed by atoms with van der Waals surface area (Å²) in [4.78, 5) is 34.8. The van der Waals surface area contributed by atoms with Gasteiger partial charge in [0.1, 0.15) is 5.82 Å². The van der Waals surface area contributed by atoms with Gasteiger partial charge in [0.15, 0.2) is 0 Å². The molecule has 4 amide bonds. The first kappa shape index (κ1) is 27.1. The van der Waals surface area contributed by atoms with Gasteiger partial charge in [0.2, 0.25) is 0 Å². The Morgan fingerprint density at radius 2 is 1.72 bits per heavy atom. The van der Waals surface area contributed by atoms with Crippen molar-refractivity contribution in [2.45, 2.75) is 70.6 Å². The van der Waals surface area contributed by atoms with Crippen LogP contribution in [0, 0.1) is 5.82 Å². The number of nitrogens with one attached hydrogen (secondary N) is 2. The molecule has 5 N–H and O–H groups in total. The van der Waals surface area contributed by atoms with Gasteiger partial charge in [-0.2, -0.15) is 0 Å². The molecule has 0 atom stereocenters. The standard InChI is InChI=1S/C21H23FN2O.C6H12N2O3/c22-20-8-4-7-17-13-24(14-19(17)20)21(25)23-18-11-9-16(10-12-18)15-5-2-1-3-6-15;1-6(2,11)3-8-5(10)4(7)9/h4,7-12,15H,1-3,5-6,13-14H2,(H,23,25);11H,3H2,1-2H3,(H2,7,9)(H,8,10). The fraction of sp³-hybridized carbons (Fsp3) is 0.444. The minimum absolute atomic E-state index is 0.00870. The Morgan fingerprint density at radius 3 is 2.31 bits per heavy atom. The summed E-state index contributed by atoms with van der Waals surface area (Å²) in [6, 6.07) is 13.1. The fourth-order valence-corrected chi connectivity index (χ4v) is 4.39. The Balaban J connectivity index is 0.000000280. The van der Waals surface area contributed by atoms with Gasteiger partial charge in [0.05, 0.1) is 12.1 Å². The van der Waals surface area contributed by atoms with Crippen molar-refractivity contribution in [3.63, 3.8) is 0 Å². The lowest BCUT2D eigenvalue weighted by Crippen LogP contribution is -2.43. The lowest BCUT2D eigenvalue weighted by Gasteiger charge is -2.22. The monoisotopic (exact) mass is 498 g/mol. The van der Waals surface area contributed by atoms with Crippen LogP contribution in [0.4, 0.5) is 14.9 Å². The number of primary amides is 1. The first-order chi connectivity index (χ1) is 17.0. The van der Waals surface area contributed by atoms with Gasteiger partial charge in [0, 0.05) is 24.3 Å². The third kappa shape index (κ3) is 7.78. The molecule has 9 heteroatoms. The molecular weight excluding hydrogens is 463 g/mol. The van der Waals surface area contributed by atoms with E-state index in [1.807, 2.05) is 18.2 Å². The maximum Gasteiger partial charge on any atom is 0.322 e. The van der Waals surface area contributed by atoms with E-state index in [9.17, 15) is 18.8 Å². The van der Waals surface area contributed by atoms with E-state index >= 15 is 0 Å². The molecule has 1 aliphatic carbocycles. The number of rotatable bonds is 4. The molecule has 0 spiro atoms. The topological polar surface area (TPSA) is 125 Å². The average molecular weight is 499 g/mol. The zero-order valence-corrected chi connectivity index (χ0v) is 20.9. The van der Waals surface area contributed by atoms with Crippen LogP contribution in [-0.4, -0.2) is 40.0 Å². The summed E-state index contributed by atoms with van der Waals surface area (Å²) in [5.74, 6) is -1.50. The summed E-state index contributed by atoms with van der Waals surface area (Å²) < 4.78 is 13.8. The number of nitrogens with two attached hydrogens (primary N) is 1. The number of nitrogens with zero attached hydrogens (tertiary/aromatic N) is 1. The maximum atomic E-state index is 13.8. The number of halogens is 1. The summed E-state index contributed by atoms with van der Waals surface area (Å²) in [6.07, 6.45) is 6.51. The molecule has 1 aliphatic heterocycles. The summed E-state index contributed by atoms with van der Waals surface area (Å²) in [6.45, 7) is 3.81. The van der Waals surface area contributed by atoms with Gasteiger partial charge in [-0.05, 0) is 61.9 Å². The first-order valence-corrected chi connectivity index (χ1v) is 12.3. The molecule has 0 bridgehead atoms. The number of amides is 4. The van der Waals surface area contributed by atoms with E-state index in [2.05, 4.69) is 28.5 Å². The van der Waals surface area contributed by atoms with Gasteiger partial charge in [-0.25, -0.2) is 9.18 Å². The number of fused-ring (bicyclic) bond motifs is 1. The number of aliphatic hydroxyl groups is 1. The first-order valence-electron chi connectivity index (χ1n) is 12.3. The predicted octanol–water partition coefficient (Wildman–Crippen LogP) is 3.78. The molecule has 4 rings (SSSR count). The zero-order valence-electron chi connectivity index (χ0n) is 20.9. The number of urea groups is 1. The molecule has 1 heterocycles. The number of carbonyl (C=O) groups is 3. The fourth-order valence-electron chi connectivity index (χ4n) is 4.39. The molecule has 0 aromatic heterocycles. The smallest absolute Gasteiger partial charge is 0.322 e. The highest BCUT2D eigenvalue weighted by Crippen LogP contribution is 2.33. The maximum absolute atomic E-state index is 13.8. The molecule has 2 aromatic carbocycles. The van der Waals surface area contributed by atoms with Crippen LogP contribution in [-0.2, 0) is 22.7 Å². The van der Waals surface area contributed by atoms with Gasteiger partial charge in [-0.3, -0.25) is 9.59 Å². The lowest BCUT2D eigenvalue weighted by atomic mass is 9.84. The van der Waals surface area contributed by atoms with Crippen molar-refractivity contribution in [1.29, 1.82) is 0 Å². The van der Waals surface area contributed by atoms with E-state index in [4.69, 9.17) is 5.11 Å². The summed E-state index contributed by atoms with van der Waals surface area (Å²) in [5.41, 5.74) is 7.29. The van der Waals surface area contributed by atoms with Crippen LogP contribution >= 0.6 is 0 Å². The molecular formula is C27H35FN4O4. The number of hydrogen-bond donors (Lipinski definition) is 4. The second-order valence-corrected chi connectivity index (χ2v) is 9.98. The SMILES string of the molecule is CC(C)(O)CNC(=O)C(N)=O.O=C(Nc1ccc(C2CCCCC2)cc1)N1Cc2cccc(F)c2C1. The number of benzene rings is 2. The normalized spacial score (nSPS) is 15.4. The van der Waals surface area contributed by atoms with Crippen molar-refractivity contribution < 1.29 is 23.9 Å². The number of carbonyl (C=O) groups excluding carboxylic acids is 3. The highest BCUT2D eigenvalue weighted by atomic mass is 19.1. The van der Waals surface area contributed by atoms with Crippen molar-refractivity contribution in [3.05, 3.63) is 65.0 Å². The van der Waals surface area contributed by atoms with Crippen LogP contribution in [0.2, 0.25) is 0 Å². The van der Waals surface area contributed by atoms with Crippen molar-refractivity contribution in [2.75, 3.05) is 11.9 Å². The molecule has 0 radical (unpaired) electrons. The zero-order chi connectivity index (χ0) is 26.3. The van der Waals surface area contributed by atoms with Gasteiger partial charge < -0.3 is 26.4 Å². The summed E-state index contributed by atoms with van der Waals surface area (Å²) in [7, 11) is 0. The largest absolute Gasteiger partial charge is 0.389 e. The quantitative estimate of drug-likeness (QED) is 0.479. The van der Waals surface area contributed by atoms with E-state index < -0.39 is 17.4 Å². The second kappa shape index (κ2) is 12.0. The highest BCUT2D eigenvalue weighted by molar-refractivity contribution is 6.34. The average Bonchev–Trinajstić information content (AvgIpc) is 3.29. The van der Waals surface area contributed by atoms with Crippen molar-refractivity contribution in [3.8, 4) is 0 Å². The van der Waals surface area contributed by atoms with Crippen LogP contribution in [0.5, 0.6) is 0 Å². The minimum atomic E-state index is -1.05. The van der Waals surface area contributed by atoms with Gasteiger partial charge in [-0.15, -0.1) is 0 Å². The third-order valence-electron chi connectivity index (χ3n) is 6.36. The molecule has 2 aromatic rings. The molecule has 194 valence electrons. The van der Waals surface area contributed by atoms with Crippen LogP contribution in [0.1, 0.15) is 68.6 Å². The minimum Gasteiger partial charge on any atom is -0.389 e. The highest BCUT2D eigenvalue weighted by Gasteiger charge is 2.25. The summed E-state index contributed by atoms with van der Waals surface area (Å²) in [5, 5.41) is 14.2. The Morgan fingerprint density at radius 1 is 1.06 bits per heavy atom. The molecule has 1 fully saturated rings. The van der Waals surface area contributed by atoms with Gasteiger partial charge >= 0.3 is 17.8 Å².